The van der Waals surface area contributed by atoms with E-state index in [2.05, 4.69) is 52.9 Å². The van der Waals surface area contributed by atoms with Crippen molar-refractivity contribution in [2.45, 2.75) is 32.4 Å². The number of benzene rings is 1. The Balaban J connectivity index is 2.31. The number of rotatable bonds is 2. The molecule has 0 bridgehead atoms. The molecule has 0 aromatic heterocycles. The molecule has 3 nitrogen and oxygen atoms in total. The highest BCUT2D eigenvalue weighted by atomic mass is 79.9. The molecule has 2 rings (SSSR count). The van der Waals surface area contributed by atoms with Crippen molar-refractivity contribution in [1.82, 2.24) is 0 Å². The molecule has 1 heterocycles. The van der Waals surface area contributed by atoms with Crippen LogP contribution < -0.4 is 10.6 Å². The molecule has 1 saturated heterocycles. The second-order valence-corrected chi connectivity index (χ2v) is 6.37. The van der Waals surface area contributed by atoms with E-state index >= 15 is 0 Å². The van der Waals surface area contributed by atoms with Gasteiger partial charge in [-0.1, -0.05) is 22.0 Å². The summed E-state index contributed by atoms with van der Waals surface area (Å²) in [6, 6.07) is 6.46. The van der Waals surface area contributed by atoms with Gasteiger partial charge in [-0.25, -0.2) is 0 Å². The van der Waals surface area contributed by atoms with Crippen LogP contribution in [0, 0.1) is 0 Å². The predicted octanol–water partition coefficient (Wildman–Crippen LogP) is 3.08. The summed E-state index contributed by atoms with van der Waals surface area (Å²) < 4.78 is 6.64. The molecular formula is C14H21BrN2O. The van der Waals surface area contributed by atoms with Crippen LogP contribution in [-0.4, -0.2) is 25.3 Å². The standard InChI is InChI=1S/C14H21BrN2O/c1-10(16)12-5-4-11(8-13(12)15)17-6-7-18-9-14(17,2)3/h4-5,8,10H,6-7,9,16H2,1-3H3. The van der Waals surface area contributed by atoms with E-state index in [-0.39, 0.29) is 11.6 Å². The molecule has 0 saturated carbocycles. The van der Waals surface area contributed by atoms with E-state index in [0.29, 0.717) is 0 Å². The van der Waals surface area contributed by atoms with Crippen LogP contribution in [0.2, 0.25) is 0 Å². The Kier molecular flexibility index (Phi) is 3.99. The number of morpholine rings is 1. The van der Waals surface area contributed by atoms with Gasteiger partial charge in [0.2, 0.25) is 0 Å². The summed E-state index contributed by atoms with van der Waals surface area (Å²) in [5.41, 5.74) is 8.33. The molecular weight excluding hydrogens is 292 g/mol. The molecule has 1 aliphatic heterocycles. The lowest BCUT2D eigenvalue weighted by Gasteiger charge is -2.44. The number of hydrogen-bond donors (Lipinski definition) is 1. The lowest BCUT2D eigenvalue weighted by Crippen LogP contribution is -2.53. The summed E-state index contributed by atoms with van der Waals surface area (Å²) >= 11 is 3.61. The van der Waals surface area contributed by atoms with Crippen LogP contribution in [0.15, 0.2) is 22.7 Å². The zero-order valence-corrected chi connectivity index (χ0v) is 12.8. The van der Waals surface area contributed by atoms with E-state index in [9.17, 15) is 0 Å². The summed E-state index contributed by atoms with van der Waals surface area (Å²) in [4.78, 5) is 2.40. The van der Waals surface area contributed by atoms with Crippen molar-refractivity contribution < 1.29 is 4.74 Å². The molecule has 100 valence electrons. The number of nitrogens with zero attached hydrogens (tertiary/aromatic N) is 1. The smallest absolute Gasteiger partial charge is 0.0694 e. The largest absolute Gasteiger partial charge is 0.377 e. The minimum absolute atomic E-state index is 0.0353. The third-order valence-corrected chi connectivity index (χ3v) is 4.12. The molecule has 0 aliphatic carbocycles. The average Bonchev–Trinajstić information content (AvgIpc) is 2.27. The molecule has 1 aliphatic rings. The van der Waals surface area contributed by atoms with Crippen molar-refractivity contribution in [1.29, 1.82) is 0 Å². The zero-order valence-electron chi connectivity index (χ0n) is 11.2. The highest BCUT2D eigenvalue weighted by molar-refractivity contribution is 9.10. The van der Waals surface area contributed by atoms with Gasteiger partial charge in [0.25, 0.3) is 0 Å². The van der Waals surface area contributed by atoms with Crippen molar-refractivity contribution in [3.63, 3.8) is 0 Å². The van der Waals surface area contributed by atoms with Gasteiger partial charge in [-0.05, 0) is 38.5 Å². The molecule has 0 radical (unpaired) electrons. The summed E-state index contributed by atoms with van der Waals surface area (Å²) in [6.45, 7) is 8.89. The van der Waals surface area contributed by atoms with Gasteiger partial charge in [0.15, 0.2) is 0 Å². The molecule has 0 amide bonds. The minimum atomic E-state index is 0.0353. The van der Waals surface area contributed by atoms with E-state index in [0.717, 1.165) is 29.8 Å². The zero-order chi connectivity index (χ0) is 13.3. The number of halogens is 1. The van der Waals surface area contributed by atoms with Crippen molar-refractivity contribution in [3.8, 4) is 0 Å². The average molecular weight is 313 g/mol. The van der Waals surface area contributed by atoms with Crippen molar-refractivity contribution in [2.75, 3.05) is 24.7 Å². The Morgan fingerprint density at radius 1 is 1.44 bits per heavy atom. The summed E-state index contributed by atoms with van der Waals surface area (Å²) in [5, 5.41) is 0. The normalized spacial score (nSPS) is 20.8. The SMILES string of the molecule is CC(N)c1ccc(N2CCOCC2(C)C)cc1Br. The third kappa shape index (κ3) is 2.71. The van der Waals surface area contributed by atoms with E-state index in [4.69, 9.17) is 10.5 Å². The minimum Gasteiger partial charge on any atom is -0.377 e. The first-order chi connectivity index (χ1) is 8.42. The van der Waals surface area contributed by atoms with Gasteiger partial charge in [-0.2, -0.15) is 0 Å². The highest BCUT2D eigenvalue weighted by Gasteiger charge is 2.30. The third-order valence-electron chi connectivity index (χ3n) is 3.43. The summed E-state index contributed by atoms with van der Waals surface area (Å²) in [5.74, 6) is 0. The number of anilines is 1. The van der Waals surface area contributed by atoms with Gasteiger partial charge in [-0.3, -0.25) is 0 Å². The Hall–Kier alpha value is -0.580. The van der Waals surface area contributed by atoms with Gasteiger partial charge in [0.1, 0.15) is 0 Å². The highest BCUT2D eigenvalue weighted by Crippen LogP contribution is 2.32. The van der Waals surface area contributed by atoms with Gasteiger partial charge in [-0.15, -0.1) is 0 Å². The van der Waals surface area contributed by atoms with Gasteiger partial charge < -0.3 is 15.4 Å². The second kappa shape index (κ2) is 5.19. The predicted molar refractivity (Wildman–Crippen MR) is 79.0 cm³/mol. The van der Waals surface area contributed by atoms with Crippen molar-refractivity contribution in [2.24, 2.45) is 5.73 Å². The Morgan fingerprint density at radius 3 is 2.72 bits per heavy atom. The number of ether oxygens (including phenoxy) is 1. The number of nitrogens with two attached hydrogens (primary N) is 1. The first kappa shape index (κ1) is 13.8. The van der Waals surface area contributed by atoms with E-state index < -0.39 is 0 Å². The molecule has 1 aromatic carbocycles. The maximum absolute atomic E-state index is 5.93. The fourth-order valence-corrected chi connectivity index (χ4v) is 3.12. The van der Waals surface area contributed by atoms with E-state index in [1.807, 2.05) is 6.92 Å². The molecule has 1 unspecified atom stereocenters. The Labute approximate surface area is 117 Å². The van der Waals surface area contributed by atoms with Crippen LogP contribution in [0.5, 0.6) is 0 Å². The maximum atomic E-state index is 5.93. The fourth-order valence-electron chi connectivity index (χ4n) is 2.39. The first-order valence-electron chi connectivity index (χ1n) is 6.32. The Morgan fingerprint density at radius 2 is 2.17 bits per heavy atom. The molecule has 2 N–H and O–H groups in total. The van der Waals surface area contributed by atoms with Gasteiger partial charge >= 0.3 is 0 Å². The van der Waals surface area contributed by atoms with Crippen LogP contribution in [-0.2, 0) is 4.74 Å². The van der Waals surface area contributed by atoms with Crippen LogP contribution >= 0.6 is 15.9 Å². The monoisotopic (exact) mass is 312 g/mol. The lowest BCUT2D eigenvalue weighted by atomic mass is 10.0. The van der Waals surface area contributed by atoms with E-state index in [1.165, 1.54) is 5.69 Å². The van der Waals surface area contributed by atoms with Crippen LogP contribution in [0.3, 0.4) is 0 Å². The molecule has 0 spiro atoms. The van der Waals surface area contributed by atoms with Gasteiger partial charge in [0, 0.05) is 22.7 Å². The van der Waals surface area contributed by atoms with Crippen LogP contribution in [0.25, 0.3) is 0 Å². The topological polar surface area (TPSA) is 38.5 Å². The molecule has 1 atom stereocenters. The number of hydrogen-bond acceptors (Lipinski definition) is 3. The molecule has 1 aromatic rings. The molecule has 1 fully saturated rings. The summed E-state index contributed by atoms with van der Waals surface area (Å²) in [7, 11) is 0. The van der Waals surface area contributed by atoms with Crippen LogP contribution in [0.4, 0.5) is 5.69 Å². The van der Waals surface area contributed by atoms with Crippen molar-refractivity contribution >= 4 is 21.6 Å². The van der Waals surface area contributed by atoms with Crippen LogP contribution in [0.1, 0.15) is 32.4 Å². The quantitative estimate of drug-likeness (QED) is 0.912. The second-order valence-electron chi connectivity index (χ2n) is 5.51. The maximum Gasteiger partial charge on any atom is 0.0694 e. The fraction of sp³-hybridized carbons (Fsp3) is 0.571. The molecule has 4 heteroatoms. The van der Waals surface area contributed by atoms with Gasteiger partial charge in [0.05, 0.1) is 18.8 Å². The first-order valence-corrected chi connectivity index (χ1v) is 7.11. The van der Waals surface area contributed by atoms with E-state index in [1.54, 1.807) is 0 Å². The molecule has 18 heavy (non-hydrogen) atoms. The summed E-state index contributed by atoms with van der Waals surface area (Å²) in [6.07, 6.45) is 0. The lowest BCUT2D eigenvalue weighted by molar-refractivity contribution is 0.0644. The Bertz CT molecular complexity index is 432. The van der Waals surface area contributed by atoms with Crippen molar-refractivity contribution in [3.05, 3.63) is 28.2 Å².